The summed E-state index contributed by atoms with van der Waals surface area (Å²) in [4.78, 5) is 30.3. The van der Waals surface area contributed by atoms with Crippen molar-refractivity contribution in [3.8, 4) is 5.75 Å². The van der Waals surface area contributed by atoms with Crippen molar-refractivity contribution in [3.05, 3.63) is 70.8 Å². The van der Waals surface area contributed by atoms with Crippen LogP contribution >= 0.6 is 0 Å². The van der Waals surface area contributed by atoms with Crippen molar-refractivity contribution in [1.29, 1.82) is 0 Å². The second kappa shape index (κ2) is 11.1. The fourth-order valence-electron chi connectivity index (χ4n) is 4.74. The Bertz CT molecular complexity index is 1090. The van der Waals surface area contributed by atoms with Crippen LogP contribution in [0.4, 0.5) is 0 Å². The molecule has 2 fully saturated rings. The molecule has 0 saturated carbocycles. The van der Waals surface area contributed by atoms with Gasteiger partial charge >= 0.3 is 0 Å². The highest BCUT2D eigenvalue weighted by Gasteiger charge is 2.45. The summed E-state index contributed by atoms with van der Waals surface area (Å²) in [5.41, 5.74) is 2.54. The Morgan fingerprint density at radius 2 is 1.80 bits per heavy atom. The van der Waals surface area contributed by atoms with Crippen LogP contribution in [0.3, 0.4) is 0 Å². The topological polar surface area (TPSA) is 79.3 Å². The number of hydrogen-bond donors (Lipinski definition) is 1. The minimum absolute atomic E-state index is 0.118. The molecular formula is C28H34N2O5. The van der Waals surface area contributed by atoms with E-state index >= 15 is 0 Å². The number of morpholine rings is 1. The number of aliphatic hydroxyl groups excluding tert-OH is 1. The molecule has 2 aliphatic rings. The molecule has 2 aliphatic heterocycles. The van der Waals surface area contributed by atoms with Crippen LogP contribution < -0.4 is 4.74 Å². The number of benzene rings is 2. The second-order valence-corrected chi connectivity index (χ2v) is 9.35. The lowest BCUT2D eigenvalue weighted by Crippen LogP contribution is -2.38. The molecule has 1 N–H and O–H groups in total. The van der Waals surface area contributed by atoms with Crippen LogP contribution in [0.15, 0.2) is 54.1 Å². The first-order valence-corrected chi connectivity index (χ1v) is 12.2. The molecule has 7 nitrogen and oxygen atoms in total. The van der Waals surface area contributed by atoms with Gasteiger partial charge in [0.2, 0.25) is 0 Å². The molecule has 0 bridgehead atoms. The summed E-state index contributed by atoms with van der Waals surface area (Å²) < 4.78 is 10.7. The summed E-state index contributed by atoms with van der Waals surface area (Å²) in [5, 5.41) is 11.3. The van der Waals surface area contributed by atoms with E-state index in [4.69, 9.17) is 9.47 Å². The number of carbonyl (C=O) groups excluding carboxylic acids is 2. The quantitative estimate of drug-likeness (QED) is 0.352. The normalized spacial score (nSPS) is 20.6. The van der Waals surface area contributed by atoms with Gasteiger partial charge in [-0.2, -0.15) is 0 Å². The van der Waals surface area contributed by atoms with E-state index in [-0.39, 0.29) is 11.3 Å². The number of likely N-dealkylation sites (tertiary alicyclic amines) is 1. The SMILES string of the molecule is COc1cccc(/C(O)=C2\C(=O)C(=O)N(CCCN3CCOCC3)[C@H]2c2ccc(C(C)C)cc2)c1. The Morgan fingerprint density at radius 1 is 1.09 bits per heavy atom. The molecule has 0 radical (unpaired) electrons. The third-order valence-corrected chi connectivity index (χ3v) is 6.78. The average Bonchev–Trinajstić information content (AvgIpc) is 3.14. The van der Waals surface area contributed by atoms with Gasteiger partial charge in [-0.3, -0.25) is 14.5 Å². The Hall–Kier alpha value is -3.16. The number of aliphatic hydroxyl groups is 1. The molecule has 7 heteroatoms. The molecule has 0 aromatic heterocycles. The van der Waals surface area contributed by atoms with Gasteiger partial charge in [0, 0.05) is 31.7 Å². The molecule has 0 unspecified atom stereocenters. The van der Waals surface area contributed by atoms with Gasteiger partial charge in [-0.1, -0.05) is 50.2 Å². The zero-order valence-electron chi connectivity index (χ0n) is 20.7. The Morgan fingerprint density at radius 3 is 2.46 bits per heavy atom. The minimum Gasteiger partial charge on any atom is -0.507 e. The average molecular weight is 479 g/mol. The number of ether oxygens (including phenoxy) is 2. The summed E-state index contributed by atoms with van der Waals surface area (Å²) in [6.45, 7) is 8.66. The van der Waals surface area contributed by atoms with Gasteiger partial charge in [0.25, 0.3) is 11.7 Å². The third kappa shape index (κ3) is 5.41. The summed E-state index contributed by atoms with van der Waals surface area (Å²) in [5.74, 6) is -0.493. The van der Waals surface area contributed by atoms with Gasteiger partial charge in [0.05, 0.1) is 31.9 Å². The standard InChI is InChI=1S/C28H34N2O5/c1-19(2)20-8-10-21(11-9-20)25-24(26(31)22-6-4-7-23(18-22)34-3)27(32)28(33)30(25)13-5-12-29-14-16-35-17-15-29/h4,6-11,18-19,25,31H,5,12-17H2,1-3H3/b26-24+/t25-/m0/s1. The molecule has 2 aromatic carbocycles. The zero-order chi connectivity index (χ0) is 24.9. The highest BCUT2D eigenvalue weighted by atomic mass is 16.5. The number of Topliss-reactive ketones (excluding diaryl/α,β-unsaturated/α-hetero) is 1. The number of rotatable bonds is 8. The number of amides is 1. The summed E-state index contributed by atoms with van der Waals surface area (Å²) >= 11 is 0. The van der Waals surface area contributed by atoms with Crippen molar-refractivity contribution in [2.45, 2.75) is 32.2 Å². The summed E-state index contributed by atoms with van der Waals surface area (Å²) in [6.07, 6.45) is 0.729. The minimum atomic E-state index is -0.658. The smallest absolute Gasteiger partial charge is 0.295 e. The summed E-state index contributed by atoms with van der Waals surface area (Å²) in [7, 11) is 1.54. The molecular weight excluding hydrogens is 444 g/mol. The van der Waals surface area contributed by atoms with E-state index < -0.39 is 17.7 Å². The van der Waals surface area contributed by atoms with Crippen molar-refractivity contribution in [3.63, 3.8) is 0 Å². The number of carbonyl (C=O) groups is 2. The van der Waals surface area contributed by atoms with E-state index in [0.29, 0.717) is 37.0 Å². The van der Waals surface area contributed by atoms with Gasteiger partial charge in [-0.25, -0.2) is 0 Å². The van der Waals surface area contributed by atoms with Crippen molar-refractivity contribution in [2.75, 3.05) is 46.5 Å². The highest BCUT2D eigenvalue weighted by molar-refractivity contribution is 6.46. The molecule has 0 spiro atoms. The Balaban J connectivity index is 1.69. The van der Waals surface area contributed by atoms with Crippen molar-refractivity contribution in [2.24, 2.45) is 0 Å². The molecule has 1 atom stereocenters. The largest absolute Gasteiger partial charge is 0.507 e. The maximum absolute atomic E-state index is 13.2. The first-order valence-electron chi connectivity index (χ1n) is 12.2. The second-order valence-electron chi connectivity index (χ2n) is 9.35. The fraction of sp³-hybridized carbons (Fsp3) is 0.429. The number of hydrogen-bond acceptors (Lipinski definition) is 6. The molecule has 2 aromatic rings. The van der Waals surface area contributed by atoms with E-state index in [1.165, 1.54) is 5.56 Å². The highest BCUT2D eigenvalue weighted by Crippen LogP contribution is 2.40. The van der Waals surface area contributed by atoms with Gasteiger partial charge in [-0.05, 0) is 35.6 Å². The third-order valence-electron chi connectivity index (χ3n) is 6.78. The molecule has 4 rings (SSSR count). The molecule has 2 heterocycles. The lowest BCUT2D eigenvalue weighted by atomic mass is 9.93. The lowest BCUT2D eigenvalue weighted by molar-refractivity contribution is -0.140. The zero-order valence-corrected chi connectivity index (χ0v) is 20.7. The van der Waals surface area contributed by atoms with Crippen molar-refractivity contribution >= 4 is 17.4 Å². The van der Waals surface area contributed by atoms with Crippen molar-refractivity contribution in [1.82, 2.24) is 9.80 Å². The first-order chi connectivity index (χ1) is 16.9. The van der Waals surface area contributed by atoms with E-state index in [9.17, 15) is 14.7 Å². The maximum Gasteiger partial charge on any atom is 0.295 e. The number of ketones is 1. The van der Waals surface area contributed by atoms with E-state index in [2.05, 4.69) is 18.7 Å². The molecule has 2 saturated heterocycles. The Labute approximate surface area is 206 Å². The maximum atomic E-state index is 13.2. The van der Waals surface area contributed by atoms with Crippen LogP contribution in [0, 0.1) is 0 Å². The predicted octanol–water partition coefficient (Wildman–Crippen LogP) is 3.96. The van der Waals surface area contributed by atoms with E-state index in [1.54, 1.807) is 36.3 Å². The van der Waals surface area contributed by atoms with Crippen LogP contribution in [0.25, 0.3) is 5.76 Å². The Kier molecular flexibility index (Phi) is 7.88. The fourth-order valence-corrected chi connectivity index (χ4v) is 4.74. The van der Waals surface area contributed by atoms with Crippen LogP contribution in [0.1, 0.15) is 48.9 Å². The first kappa shape index (κ1) is 24.9. The molecule has 35 heavy (non-hydrogen) atoms. The van der Waals surface area contributed by atoms with Crippen LogP contribution in [0.5, 0.6) is 5.75 Å². The van der Waals surface area contributed by atoms with Gasteiger partial charge in [-0.15, -0.1) is 0 Å². The molecule has 1 amide bonds. The summed E-state index contributed by atoms with van der Waals surface area (Å²) in [6, 6.07) is 14.2. The monoisotopic (exact) mass is 478 g/mol. The number of methoxy groups -OCH3 is 1. The van der Waals surface area contributed by atoms with Gasteiger partial charge in [0.15, 0.2) is 0 Å². The van der Waals surface area contributed by atoms with Crippen molar-refractivity contribution < 1.29 is 24.2 Å². The van der Waals surface area contributed by atoms with E-state index in [0.717, 1.165) is 31.6 Å². The van der Waals surface area contributed by atoms with E-state index in [1.807, 2.05) is 24.3 Å². The van der Waals surface area contributed by atoms with Gasteiger partial charge < -0.3 is 19.5 Å². The predicted molar refractivity (Wildman–Crippen MR) is 134 cm³/mol. The van der Waals surface area contributed by atoms with Gasteiger partial charge in [0.1, 0.15) is 11.5 Å². The number of nitrogens with zero attached hydrogens (tertiary/aromatic N) is 2. The molecule has 186 valence electrons. The van der Waals surface area contributed by atoms with Crippen LogP contribution in [-0.4, -0.2) is 73.1 Å². The lowest BCUT2D eigenvalue weighted by Gasteiger charge is -2.29. The van der Waals surface area contributed by atoms with Crippen LogP contribution in [-0.2, 0) is 14.3 Å². The molecule has 0 aliphatic carbocycles. The van der Waals surface area contributed by atoms with Crippen LogP contribution in [0.2, 0.25) is 0 Å².